The quantitative estimate of drug-likeness (QED) is 0.195. The molecule has 0 spiro atoms. The van der Waals surface area contributed by atoms with Gasteiger partial charge in [0, 0.05) is 0 Å². The molecule has 0 aliphatic heterocycles. The molecule has 0 fully saturated rings. The van der Waals surface area contributed by atoms with Crippen LogP contribution in [-0.2, 0) is 4.79 Å². The third-order valence-corrected chi connectivity index (χ3v) is 0.430. The summed E-state index contributed by atoms with van der Waals surface area (Å²) in [6, 6.07) is 0. The first kappa shape index (κ1) is 16.4. The van der Waals surface area contributed by atoms with Gasteiger partial charge in [-0.25, -0.2) is 0 Å². The second-order valence-electron chi connectivity index (χ2n) is 1.16. The summed E-state index contributed by atoms with van der Waals surface area (Å²) in [5, 5.41) is 16.5. The molecular weight excluding hydrogens is 149 g/mol. The molecule has 0 bridgehead atoms. The van der Waals surface area contributed by atoms with E-state index in [1.54, 1.807) is 0 Å². The first-order chi connectivity index (χ1) is 3.63. The van der Waals surface area contributed by atoms with Crippen LogP contribution in [0.15, 0.2) is 0 Å². The standard InChI is InChI=1S/C3H7N3O2.Na.H2O.H/c4-3(5)6-1-2(7)8;;;/h1H2,(H,7,8)(H4,4,5,6);;1H2;. The molecule has 0 rings (SSSR count). The van der Waals surface area contributed by atoms with Gasteiger partial charge in [-0.2, -0.15) is 0 Å². The molecule has 7 N–H and O–H groups in total. The van der Waals surface area contributed by atoms with Gasteiger partial charge in [-0.1, -0.05) is 0 Å². The molecule has 7 heteroatoms. The molecule has 0 aromatic carbocycles. The molecule has 6 nitrogen and oxygen atoms in total. The van der Waals surface area contributed by atoms with Crippen molar-refractivity contribution in [2.24, 2.45) is 5.73 Å². The monoisotopic (exact) mass is 159 g/mol. The first-order valence-corrected chi connectivity index (χ1v) is 1.92. The molecule has 0 aromatic heterocycles. The molecule has 0 aliphatic carbocycles. The average Bonchev–Trinajstić information content (AvgIpc) is 1.61. The van der Waals surface area contributed by atoms with Crippen LogP contribution in [-0.4, -0.2) is 58.6 Å². The minimum atomic E-state index is -1.03. The zero-order valence-corrected chi connectivity index (χ0v) is 4.64. The summed E-state index contributed by atoms with van der Waals surface area (Å²) in [6.45, 7) is -0.296. The number of carbonyl (C=O) groups is 1. The Kier molecular flexibility index (Phi) is 14.2. The molecule has 0 atom stereocenters. The molecular formula is C3H10N3NaO3. The van der Waals surface area contributed by atoms with Gasteiger partial charge < -0.3 is 21.6 Å². The SMILES string of the molecule is N=C(N)NCC(=O)O.O.[NaH]. The van der Waals surface area contributed by atoms with Crippen molar-refractivity contribution >= 4 is 41.5 Å². The fourth-order valence-electron chi connectivity index (χ4n) is 0.171. The number of hydrogen-bond donors (Lipinski definition) is 4. The maximum absolute atomic E-state index is 9.69. The van der Waals surface area contributed by atoms with Crippen LogP contribution in [0.2, 0.25) is 0 Å². The number of guanidine groups is 1. The van der Waals surface area contributed by atoms with E-state index < -0.39 is 5.97 Å². The number of hydrogen-bond acceptors (Lipinski definition) is 2. The summed E-state index contributed by atoms with van der Waals surface area (Å²) in [6.07, 6.45) is 0. The van der Waals surface area contributed by atoms with Gasteiger partial charge in [-0.3, -0.25) is 10.2 Å². The van der Waals surface area contributed by atoms with E-state index in [1.165, 1.54) is 0 Å². The van der Waals surface area contributed by atoms with Crippen molar-refractivity contribution in [1.29, 1.82) is 5.41 Å². The Hall–Kier alpha value is -0.300. The van der Waals surface area contributed by atoms with E-state index in [2.05, 4.69) is 5.32 Å². The van der Waals surface area contributed by atoms with Gasteiger partial charge in [0.05, 0.1) is 0 Å². The Morgan fingerprint density at radius 1 is 1.70 bits per heavy atom. The molecule has 0 aliphatic rings. The Morgan fingerprint density at radius 2 is 2.10 bits per heavy atom. The summed E-state index contributed by atoms with van der Waals surface area (Å²) < 4.78 is 0. The Balaban J connectivity index is -0.000000245. The van der Waals surface area contributed by atoms with Gasteiger partial charge in [0.1, 0.15) is 6.54 Å². The van der Waals surface area contributed by atoms with Gasteiger partial charge in [-0.05, 0) is 0 Å². The molecule has 56 valence electrons. The van der Waals surface area contributed by atoms with Crippen LogP contribution in [0.5, 0.6) is 0 Å². The molecule has 0 radical (unpaired) electrons. The van der Waals surface area contributed by atoms with Crippen molar-refractivity contribution in [3.05, 3.63) is 0 Å². The number of carboxylic acids is 1. The summed E-state index contributed by atoms with van der Waals surface area (Å²) in [5.41, 5.74) is 4.75. The van der Waals surface area contributed by atoms with Crippen molar-refractivity contribution < 1.29 is 15.4 Å². The van der Waals surface area contributed by atoms with Gasteiger partial charge in [-0.15, -0.1) is 0 Å². The number of nitrogens with one attached hydrogen (secondary N) is 2. The van der Waals surface area contributed by atoms with Crippen LogP contribution in [0.25, 0.3) is 0 Å². The van der Waals surface area contributed by atoms with E-state index in [1.807, 2.05) is 0 Å². The minimum absolute atomic E-state index is 0. The second-order valence-corrected chi connectivity index (χ2v) is 1.16. The van der Waals surface area contributed by atoms with E-state index in [-0.39, 0.29) is 47.5 Å². The number of carboxylic acid groups (broad SMARTS) is 1. The Labute approximate surface area is 79.9 Å². The van der Waals surface area contributed by atoms with Gasteiger partial charge in [0.25, 0.3) is 0 Å². The van der Waals surface area contributed by atoms with E-state index in [9.17, 15) is 4.79 Å². The second kappa shape index (κ2) is 8.70. The van der Waals surface area contributed by atoms with Crippen LogP contribution in [0.3, 0.4) is 0 Å². The zero-order chi connectivity index (χ0) is 6.57. The molecule has 0 saturated heterocycles. The maximum atomic E-state index is 9.69. The van der Waals surface area contributed by atoms with Crippen molar-refractivity contribution in [3.8, 4) is 0 Å². The van der Waals surface area contributed by atoms with E-state index >= 15 is 0 Å². The number of rotatable bonds is 2. The van der Waals surface area contributed by atoms with E-state index in [0.717, 1.165) is 0 Å². The van der Waals surface area contributed by atoms with Crippen molar-refractivity contribution in [2.45, 2.75) is 0 Å². The van der Waals surface area contributed by atoms with Crippen LogP contribution >= 0.6 is 0 Å². The van der Waals surface area contributed by atoms with Crippen LogP contribution in [0.4, 0.5) is 0 Å². The number of aliphatic carboxylic acids is 1. The average molecular weight is 159 g/mol. The Morgan fingerprint density at radius 3 is 2.20 bits per heavy atom. The summed E-state index contributed by atoms with van der Waals surface area (Å²) >= 11 is 0. The van der Waals surface area contributed by atoms with Crippen molar-refractivity contribution in [2.75, 3.05) is 6.54 Å². The zero-order valence-electron chi connectivity index (χ0n) is 4.64. The van der Waals surface area contributed by atoms with Gasteiger partial charge in [0.15, 0.2) is 5.96 Å². The summed E-state index contributed by atoms with van der Waals surface area (Å²) in [5.74, 6) is -1.35. The third kappa shape index (κ3) is 15.6. The van der Waals surface area contributed by atoms with E-state index in [0.29, 0.717) is 0 Å². The third-order valence-electron chi connectivity index (χ3n) is 0.430. The van der Waals surface area contributed by atoms with Crippen LogP contribution in [0.1, 0.15) is 0 Å². The van der Waals surface area contributed by atoms with E-state index in [4.69, 9.17) is 16.2 Å². The van der Waals surface area contributed by atoms with Crippen LogP contribution < -0.4 is 11.1 Å². The summed E-state index contributed by atoms with van der Waals surface area (Å²) in [7, 11) is 0. The fraction of sp³-hybridized carbons (Fsp3) is 0.333. The normalized spacial score (nSPS) is 6.40. The predicted molar refractivity (Wildman–Crippen MR) is 38.3 cm³/mol. The topological polar surface area (TPSA) is 131 Å². The van der Waals surface area contributed by atoms with Crippen molar-refractivity contribution in [1.82, 2.24) is 5.32 Å². The molecule has 0 amide bonds. The molecule has 0 saturated carbocycles. The number of nitrogens with two attached hydrogens (primary N) is 1. The van der Waals surface area contributed by atoms with Gasteiger partial charge >= 0.3 is 35.5 Å². The fourth-order valence-corrected chi connectivity index (χ4v) is 0.171. The predicted octanol–water partition coefficient (Wildman–Crippen LogP) is -2.92. The van der Waals surface area contributed by atoms with Gasteiger partial charge in [0.2, 0.25) is 0 Å². The summed E-state index contributed by atoms with van der Waals surface area (Å²) in [4.78, 5) is 9.69. The molecule has 0 heterocycles. The molecule has 0 aromatic rings. The molecule has 0 unspecified atom stereocenters. The van der Waals surface area contributed by atoms with Crippen LogP contribution in [0, 0.1) is 5.41 Å². The molecule has 10 heavy (non-hydrogen) atoms. The first-order valence-electron chi connectivity index (χ1n) is 1.92. The van der Waals surface area contributed by atoms with Crippen molar-refractivity contribution in [3.63, 3.8) is 0 Å². The Bertz CT molecular complexity index is 104.